The number of nitrogens with one attached hydrogen (secondary N) is 1. The van der Waals surface area contributed by atoms with Gasteiger partial charge in [-0.2, -0.15) is 0 Å². The SMILES string of the molecule is CCCNC(=O)C1(C)CCCN(CCOc2ccccc2)C1. The summed E-state index contributed by atoms with van der Waals surface area (Å²) in [6.07, 6.45) is 3.02. The Balaban J connectivity index is 1.79. The molecule has 0 radical (unpaired) electrons. The van der Waals surface area contributed by atoms with Crippen LogP contribution in [-0.4, -0.2) is 43.6 Å². The van der Waals surface area contributed by atoms with Crippen molar-refractivity contribution in [3.63, 3.8) is 0 Å². The third kappa shape index (κ3) is 4.73. The van der Waals surface area contributed by atoms with Crippen molar-refractivity contribution in [2.24, 2.45) is 5.41 Å². The van der Waals surface area contributed by atoms with E-state index >= 15 is 0 Å². The Hall–Kier alpha value is -1.55. The van der Waals surface area contributed by atoms with E-state index in [1.54, 1.807) is 0 Å². The van der Waals surface area contributed by atoms with Crippen LogP contribution in [-0.2, 0) is 4.79 Å². The summed E-state index contributed by atoms with van der Waals surface area (Å²) in [5, 5.41) is 3.05. The molecule has 1 aliphatic rings. The van der Waals surface area contributed by atoms with Gasteiger partial charge in [0, 0.05) is 19.6 Å². The highest BCUT2D eigenvalue weighted by Gasteiger charge is 2.37. The molecule has 0 spiro atoms. The lowest BCUT2D eigenvalue weighted by Gasteiger charge is -2.39. The van der Waals surface area contributed by atoms with Gasteiger partial charge < -0.3 is 10.1 Å². The van der Waals surface area contributed by atoms with E-state index in [-0.39, 0.29) is 11.3 Å². The zero-order valence-corrected chi connectivity index (χ0v) is 13.8. The quantitative estimate of drug-likeness (QED) is 0.842. The highest BCUT2D eigenvalue weighted by atomic mass is 16.5. The second-order valence-corrected chi connectivity index (χ2v) is 6.36. The van der Waals surface area contributed by atoms with Crippen LogP contribution in [0.3, 0.4) is 0 Å². The predicted molar refractivity (Wildman–Crippen MR) is 89.0 cm³/mol. The first-order valence-electron chi connectivity index (χ1n) is 8.32. The van der Waals surface area contributed by atoms with Gasteiger partial charge in [-0.15, -0.1) is 0 Å². The van der Waals surface area contributed by atoms with Crippen LogP contribution in [0.5, 0.6) is 5.75 Å². The molecule has 1 aliphatic heterocycles. The Morgan fingerprint density at radius 1 is 1.36 bits per heavy atom. The summed E-state index contributed by atoms with van der Waals surface area (Å²) in [7, 11) is 0. The minimum atomic E-state index is -0.264. The van der Waals surface area contributed by atoms with E-state index in [9.17, 15) is 4.79 Å². The summed E-state index contributed by atoms with van der Waals surface area (Å²) >= 11 is 0. The van der Waals surface area contributed by atoms with Crippen molar-refractivity contribution in [2.75, 3.05) is 32.8 Å². The van der Waals surface area contributed by atoms with E-state index in [4.69, 9.17) is 4.74 Å². The molecule has 4 nitrogen and oxygen atoms in total. The van der Waals surface area contributed by atoms with Crippen LogP contribution >= 0.6 is 0 Å². The Labute approximate surface area is 133 Å². The van der Waals surface area contributed by atoms with Gasteiger partial charge in [0.1, 0.15) is 12.4 Å². The second kappa shape index (κ2) is 8.18. The first-order chi connectivity index (χ1) is 10.6. The Morgan fingerprint density at radius 2 is 2.14 bits per heavy atom. The average molecular weight is 304 g/mol. The number of ether oxygens (including phenoxy) is 1. The number of piperidine rings is 1. The minimum absolute atomic E-state index is 0.197. The zero-order valence-electron chi connectivity index (χ0n) is 13.8. The number of hydrogen-bond donors (Lipinski definition) is 1. The molecule has 22 heavy (non-hydrogen) atoms. The molecule has 122 valence electrons. The lowest BCUT2D eigenvalue weighted by molar-refractivity contribution is -0.133. The molecule has 0 aromatic heterocycles. The fourth-order valence-electron chi connectivity index (χ4n) is 2.98. The zero-order chi connectivity index (χ0) is 15.8. The Bertz CT molecular complexity index is 463. The number of nitrogens with zero attached hydrogens (tertiary/aromatic N) is 1. The molecule has 2 rings (SSSR count). The highest BCUT2D eigenvalue weighted by Crippen LogP contribution is 2.29. The third-order valence-electron chi connectivity index (χ3n) is 4.28. The maximum absolute atomic E-state index is 12.4. The van der Waals surface area contributed by atoms with E-state index in [2.05, 4.69) is 24.1 Å². The number of likely N-dealkylation sites (tertiary alicyclic amines) is 1. The van der Waals surface area contributed by atoms with E-state index in [0.29, 0.717) is 6.61 Å². The first kappa shape index (κ1) is 16.8. The molecule has 1 unspecified atom stereocenters. The van der Waals surface area contributed by atoms with E-state index in [1.807, 2.05) is 30.3 Å². The van der Waals surface area contributed by atoms with Crippen LogP contribution in [0.15, 0.2) is 30.3 Å². The summed E-state index contributed by atoms with van der Waals surface area (Å²) in [5.41, 5.74) is -0.264. The van der Waals surface area contributed by atoms with Crippen molar-refractivity contribution < 1.29 is 9.53 Å². The fraction of sp³-hybridized carbons (Fsp3) is 0.611. The molecule has 1 amide bonds. The molecule has 1 saturated heterocycles. The normalized spacial score (nSPS) is 22.3. The van der Waals surface area contributed by atoms with Gasteiger partial charge in [-0.05, 0) is 44.9 Å². The van der Waals surface area contributed by atoms with Crippen LogP contribution in [0, 0.1) is 5.41 Å². The van der Waals surface area contributed by atoms with Gasteiger partial charge >= 0.3 is 0 Å². The van der Waals surface area contributed by atoms with Gasteiger partial charge in [-0.25, -0.2) is 0 Å². The van der Waals surface area contributed by atoms with E-state index in [1.165, 1.54) is 0 Å². The van der Waals surface area contributed by atoms with Crippen molar-refractivity contribution in [2.45, 2.75) is 33.1 Å². The smallest absolute Gasteiger partial charge is 0.227 e. The molecule has 1 atom stereocenters. The van der Waals surface area contributed by atoms with Gasteiger partial charge in [0.05, 0.1) is 5.41 Å². The molecule has 1 aromatic rings. The second-order valence-electron chi connectivity index (χ2n) is 6.36. The topological polar surface area (TPSA) is 41.6 Å². The lowest BCUT2D eigenvalue weighted by atomic mass is 9.81. The largest absolute Gasteiger partial charge is 0.492 e. The van der Waals surface area contributed by atoms with Crippen LogP contribution in [0.25, 0.3) is 0 Å². The van der Waals surface area contributed by atoms with Gasteiger partial charge in [-0.3, -0.25) is 9.69 Å². The summed E-state index contributed by atoms with van der Waals surface area (Å²) in [4.78, 5) is 14.7. The summed E-state index contributed by atoms with van der Waals surface area (Å²) in [6.45, 7) is 8.34. The highest BCUT2D eigenvalue weighted by molar-refractivity contribution is 5.82. The molecular formula is C18H28N2O2. The van der Waals surface area contributed by atoms with Gasteiger partial charge in [0.15, 0.2) is 0 Å². The molecule has 1 aromatic carbocycles. The summed E-state index contributed by atoms with van der Waals surface area (Å²) in [5.74, 6) is 1.10. The number of rotatable bonds is 7. The van der Waals surface area contributed by atoms with Crippen molar-refractivity contribution in [3.8, 4) is 5.75 Å². The number of para-hydroxylation sites is 1. The fourth-order valence-corrected chi connectivity index (χ4v) is 2.98. The van der Waals surface area contributed by atoms with Gasteiger partial charge in [-0.1, -0.05) is 25.1 Å². The Kier molecular flexibility index (Phi) is 6.25. The van der Waals surface area contributed by atoms with Gasteiger partial charge in [0.2, 0.25) is 5.91 Å². The first-order valence-corrected chi connectivity index (χ1v) is 8.32. The van der Waals surface area contributed by atoms with Crippen LogP contribution in [0.1, 0.15) is 33.1 Å². The van der Waals surface area contributed by atoms with Crippen LogP contribution in [0.4, 0.5) is 0 Å². The number of amides is 1. The molecular weight excluding hydrogens is 276 g/mol. The monoisotopic (exact) mass is 304 g/mol. The van der Waals surface area contributed by atoms with Crippen LogP contribution in [0.2, 0.25) is 0 Å². The number of benzene rings is 1. The molecule has 1 N–H and O–H groups in total. The van der Waals surface area contributed by atoms with Crippen molar-refractivity contribution in [1.29, 1.82) is 0 Å². The lowest BCUT2D eigenvalue weighted by Crippen LogP contribution is -2.51. The molecule has 0 bridgehead atoms. The predicted octanol–water partition coefficient (Wildman–Crippen LogP) is 2.69. The van der Waals surface area contributed by atoms with Crippen molar-refractivity contribution in [3.05, 3.63) is 30.3 Å². The van der Waals surface area contributed by atoms with E-state index in [0.717, 1.165) is 51.2 Å². The molecule has 1 fully saturated rings. The summed E-state index contributed by atoms with van der Waals surface area (Å²) in [6, 6.07) is 9.88. The van der Waals surface area contributed by atoms with Crippen molar-refractivity contribution in [1.82, 2.24) is 10.2 Å². The summed E-state index contributed by atoms with van der Waals surface area (Å²) < 4.78 is 5.76. The molecule has 4 heteroatoms. The molecule has 0 aliphatic carbocycles. The molecule has 0 saturated carbocycles. The average Bonchev–Trinajstić information content (AvgIpc) is 2.53. The molecule has 1 heterocycles. The van der Waals surface area contributed by atoms with Gasteiger partial charge in [0.25, 0.3) is 0 Å². The standard InChI is InChI=1S/C18H28N2O2/c1-3-11-19-17(21)18(2)10-7-12-20(15-18)13-14-22-16-8-5-4-6-9-16/h4-6,8-9H,3,7,10-15H2,1-2H3,(H,19,21). The number of hydrogen-bond acceptors (Lipinski definition) is 3. The Morgan fingerprint density at radius 3 is 2.86 bits per heavy atom. The maximum atomic E-state index is 12.4. The number of carbonyl (C=O) groups is 1. The third-order valence-corrected chi connectivity index (χ3v) is 4.28. The number of carbonyl (C=O) groups excluding carboxylic acids is 1. The van der Waals surface area contributed by atoms with Crippen molar-refractivity contribution >= 4 is 5.91 Å². The maximum Gasteiger partial charge on any atom is 0.227 e. The van der Waals surface area contributed by atoms with Crippen LogP contribution < -0.4 is 10.1 Å². The van der Waals surface area contributed by atoms with E-state index < -0.39 is 0 Å². The minimum Gasteiger partial charge on any atom is -0.492 e.